The van der Waals surface area contributed by atoms with E-state index in [1.54, 1.807) is 0 Å². The topological polar surface area (TPSA) is 54.4 Å². The van der Waals surface area contributed by atoms with Crippen molar-refractivity contribution >= 4 is 9.85 Å². The van der Waals surface area contributed by atoms with Crippen molar-refractivity contribution in [3.05, 3.63) is 0 Å². The van der Waals surface area contributed by atoms with Crippen LogP contribution in [-0.4, -0.2) is 4.03 Å². The summed E-state index contributed by atoms with van der Waals surface area (Å²) in [5.74, 6) is 0. The molecule has 0 aromatic rings. The molecule has 1 N–H and O–H groups in total. The molecule has 0 aliphatic heterocycles. The van der Waals surface area contributed by atoms with Crippen LogP contribution < -0.4 is 0 Å². The minimum atomic E-state index is -4.90. The molecule has 0 saturated carbocycles. The SMILES string of the molecule is [O]=[V](=[O])([OH])[Cl]. The predicted molar refractivity (Wildman–Crippen MR) is 9.44 cm³/mol. The molecule has 0 rings (SSSR count). The molecule has 0 unspecified atom stereocenters. The molecule has 0 fully saturated rings. The van der Waals surface area contributed by atoms with E-state index in [4.69, 9.17) is 11.4 Å². The Morgan fingerprint density at radius 3 is 1.60 bits per heavy atom. The Morgan fingerprint density at radius 2 is 1.60 bits per heavy atom. The zero-order chi connectivity index (χ0) is 4.50. The number of hydrogen-bond donors (Lipinski definition) is 1. The molecule has 0 heterocycles. The summed E-state index contributed by atoms with van der Waals surface area (Å²) in [6, 6.07) is 0. The van der Waals surface area contributed by atoms with Crippen molar-refractivity contribution in [2.45, 2.75) is 0 Å². The molecule has 0 saturated heterocycles. The molecule has 0 amide bonds. The van der Waals surface area contributed by atoms with Gasteiger partial charge in [0.25, 0.3) is 0 Å². The first kappa shape index (κ1) is 5.43. The van der Waals surface area contributed by atoms with Gasteiger partial charge in [-0.3, -0.25) is 0 Å². The van der Waals surface area contributed by atoms with Crippen LogP contribution in [0.1, 0.15) is 0 Å². The standard InChI is InChI=1S/ClH.H2O.2O.V/h1H;1H2;;;/q;;;;+2/p-2. The van der Waals surface area contributed by atoms with E-state index in [2.05, 4.69) is 9.85 Å². The first-order chi connectivity index (χ1) is 2.00. The van der Waals surface area contributed by atoms with Gasteiger partial charge in [0, 0.05) is 0 Å². The third-order valence-electron chi connectivity index (χ3n) is 0. The Morgan fingerprint density at radius 1 is 1.60 bits per heavy atom. The molecule has 0 atom stereocenters. The molecule has 0 radical (unpaired) electrons. The van der Waals surface area contributed by atoms with Crippen molar-refractivity contribution in [2.24, 2.45) is 0 Å². The van der Waals surface area contributed by atoms with Crippen molar-refractivity contribution in [3.63, 3.8) is 0 Å². The average molecular weight is 135 g/mol. The molecule has 0 spiro atoms. The summed E-state index contributed by atoms with van der Waals surface area (Å²) in [4.78, 5) is 0. The van der Waals surface area contributed by atoms with Gasteiger partial charge in [-0.2, -0.15) is 0 Å². The second-order valence-corrected chi connectivity index (χ2v) is 3.62. The molecule has 5 heavy (non-hydrogen) atoms. The van der Waals surface area contributed by atoms with Crippen LogP contribution in [0.2, 0.25) is 0 Å². The van der Waals surface area contributed by atoms with Crippen LogP contribution in [0.5, 0.6) is 0 Å². The molecule has 31 valence electrons. The summed E-state index contributed by atoms with van der Waals surface area (Å²) in [7, 11) is 4.15. The van der Waals surface area contributed by atoms with E-state index >= 15 is 0 Å². The van der Waals surface area contributed by atoms with Crippen molar-refractivity contribution in [2.75, 3.05) is 0 Å². The van der Waals surface area contributed by atoms with Gasteiger partial charge in [0.05, 0.1) is 0 Å². The summed E-state index contributed by atoms with van der Waals surface area (Å²) in [6.45, 7) is 0. The third kappa shape index (κ3) is 139. The summed E-state index contributed by atoms with van der Waals surface area (Å²) in [5.41, 5.74) is 0. The maximum atomic E-state index is 9.04. The van der Waals surface area contributed by atoms with Gasteiger partial charge in [-0.05, 0) is 0 Å². The zero-order valence-corrected chi connectivity index (χ0v) is 4.24. The average Bonchev–Trinajstić information content (AvgIpc) is 0.722. The number of hydrogen-bond acceptors (Lipinski definition) is 2. The maximum absolute atomic E-state index is 9.04. The van der Waals surface area contributed by atoms with Crippen molar-refractivity contribution in [1.82, 2.24) is 0 Å². The Kier molecular flexibility index (Phi) is 1.37. The Balaban J connectivity index is 4.06. The van der Waals surface area contributed by atoms with Crippen molar-refractivity contribution in [1.29, 1.82) is 0 Å². The van der Waals surface area contributed by atoms with Gasteiger partial charge >= 0.3 is 34.5 Å². The molecular weight excluding hydrogens is 134 g/mol. The van der Waals surface area contributed by atoms with Gasteiger partial charge in [-0.1, -0.05) is 0 Å². The Bertz CT molecular complexity index is 90.1. The van der Waals surface area contributed by atoms with E-state index in [0.717, 1.165) is 0 Å². The Hall–Kier alpha value is 0.434. The number of rotatable bonds is 0. The summed E-state index contributed by atoms with van der Waals surface area (Å²) < 4.78 is 25.4. The van der Waals surface area contributed by atoms with E-state index in [-0.39, 0.29) is 0 Å². The molecule has 0 bridgehead atoms. The fraction of sp³-hybridized carbons (Fsp3) is 0. The first-order valence-corrected chi connectivity index (χ1v) is 4.42. The first-order valence-electron chi connectivity index (χ1n) is 0.734. The quantitative estimate of drug-likeness (QED) is 0.504. The molecular formula is HClO3V. The summed E-state index contributed by atoms with van der Waals surface area (Å²) >= 11 is -4.90. The van der Waals surface area contributed by atoms with Gasteiger partial charge in [-0.25, -0.2) is 0 Å². The second kappa shape index (κ2) is 1.26. The van der Waals surface area contributed by atoms with Crippen LogP contribution in [0, 0.1) is 0 Å². The van der Waals surface area contributed by atoms with Gasteiger partial charge in [0.15, 0.2) is 0 Å². The van der Waals surface area contributed by atoms with Crippen LogP contribution in [0.25, 0.3) is 0 Å². The van der Waals surface area contributed by atoms with E-state index in [1.165, 1.54) is 0 Å². The third-order valence-corrected chi connectivity index (χ3v) is 0. The van der Waals surface area contributed by atoms with Crippen molar-refractivity contribution in [3.8, 4) is 0 Å². The predicted octanol–water partition coefficient (Wildman–Crippen LogP) is -0.108. The number of halogens is 1. The van der Waals surface area contributed by atoms with E-state index < -0.39 is 13.3 Å². The molecule has 3 nitrogen and oxygen atoms in total. The molecule has 0 aromatic heterocycles. The molecule has 0 aliphatic carbocycles. The van der Waals surface area contributed by atoms with Crippen LogP contribution in [0.4, 0.5) is 0 Å². The normalized spacial score (nSPS) is 11.6. The van der Waals surface area contributed by atoms with E-state index in [1.807, 2.05) is 0 Å². The molecule has 5 heteroatoms. The van der Waals surface area contributed by atoms with Gasteiger partial charge in [0.2, 0.25) is 0 Å². The monoisotopic (exact) mass is 135 g/mol. The van der Waals surface area contributed by atoms with E-state index in [9.17, 15) is 0 Å². The fourth-order valence-corrected chi connectivity index (χ4v) is 0. The minimum absolute atomic E-state index is 4.15. The van der Waals surface area contributed by atoms with Crippen LogP contribution in [0.15, 0.2) is 0 Å². The van der Waals surface area contributed by atoms with Gasteiger partial charge in [-0.15, -0.1) is 0 Å². The molecule has 0 aliphatic rings. The zero-order valence-electron chi connectivity index (χ0n) is 2.09. The van der Waals surface area contributed by atoms with Gasteiger partial charge in [0.1, 0.15) is 0 Å². The molecule has 0 aromatic carbocycles. The van der Waals surface area contributed by atoms with Crippen molar-refractivity contribution < 1.29 is 24.7 Å². The van der Waals surface area contributed by atoms with Crippen LogP contribution >= 0.6 is 9.85 Å². The summed E-state index contributed by atoms with van der Waals surface area (Å²) in [5, 5.41) is 0. The second-order valence-electron chi connectivity index (χ2n) is 0.451. The van der Waals surface area contributed by atoms with E-state index in [0.29, 0.717) is 0 Å². The summed E-state index contributed by atoms with van der Waals surface area (Å²) in [6.07, 6.45) is 0. The van der Waals surface area contributed by atoms with Gasteiger partial charge < -0.3 is 0 Å². The Labute approximate surface area is 35.1 Å². The van der Waals surface area contributed by atoms with Crippen LogP contribution in [0.3, 0.4) is 0 Å². The fourth-order valence-electron chi connectivity index (χ4n) is 0. The van der Waals surface area contributed by atoms with Crippen LogP contribution in [-0.2, 0) is 20.7 Å².